The highest BCUT2D eigenvalue weighted by Gasteiger charge is 2.27. The van der Waals surface area contributed by atoms with E-state index in [1.807, 2.05) is 37.3 Å². The van der Waals surface area contributed by atoms with E-state index in [1.54, 1.807) is 0 Å². The molecule has 4 nitrogen and oxygen atoms in total. The van der Waals surface area contributed by atoms with Crippen LogP contribution >= 0.6 is 0 Å². The fourth-order valence-electron chi connectivity index (χ4n) is 2.52. The van der Waals surface area contributed by atoms with E-state index in [-0.39, 0.29) is 18.0 Å². The molecule has 1 heterocycles. The minimum atomic E-state index is -0.134. The average molecular weight is 291 g/mol. The first-order valence-corrected chi connectivity index (χ1v) is 7.62. The molecule has 1 aromatic rings. The summed E-state index contributed by atoms with van der Waals surface area (Å²) in [6.45, 7) is 8.80. The molecule has 1 aromatic carbocycles. The van der Waals surface area contributed by atoms with Gasteiger partial charge in [-0.15, -0.1) is 0 Å². The van der Waals surface area contributed by atoms with Crippen molar-refractivity contribution in [3.63, 3.8) is 0 Å². The van der Waals surface area contributed by atoms with Crippen LogP contribution in [0.5, 0.6) is 0 Å². The lowest BCUT2D eigenvalue weighted by Crippen LogP contribution is -2.49. The van der Waals surface area contributed by atoms with Crippen molar-refractivity contribution < 1.29 is 14.3 Å². The van der Waals surface area contributed by atoms with Crippen LogP contribution in [0, 0.1) is 5.92 Å². The molecule has 1 aliphatic heterocycles. The maximum atomic E-state index is 12.1. The number of carbonyl (C=O) groups is 1. The van der Waals surface area contributed by atoms with Gasteiger partial charge in [-0.1, -0.05) is 37.3 Å². The van der Waals surface area contributed by atoms with E-state index in [0.717, 1.165) is 25.3 Å². The largest absolute Gasteiger partial charge is 0.461 e. The molecule has 0 amide bonds. The van der Waals surface area contributed by atoms with Crippen molar-refractivity contribution >= 4 is 5.97 Å². The van der Waals surface area contributed by atoms with E-state index in [4.69, 9.17) is 9.47 Å². The highest BCUT2D eigenvalue weighted by Crippen LogP contribution is 2.14. The second-order valence-electron chi connectivity index (χ2n) is 5.94. The molecule has 1 fully saturated rings. The maximum Gasteiger partial charge on any atom is 0.310 e. The van der Waals surface area contributed by atoms with E-state index < -0.39 is 0 Å². The fraction of sp³-hybridized carbons (Fsp3) is 0.588. The van der Waals surface area contributed by atoms with Gasteiger partial charge in [0.25, 0.3) is 0 Å². The van der Waals surface area contributed by atoms with Gasteiger partial charge in [-0.3, -0.25) is 9.69 Å². The first kappa shape index (κ1) is 16.0. The van der Waals surface area contributed by atoms with Gasteiger partial charge in [0, 0.05) is 19.1 Å². The van der Waals surface area contributed by atoms with Crippen LogP contribution in [0.15, 0.2) is 30.3 Å². The SMILES string of the molecule is CC1CN(CC(C)C(=O)OCc2ccccc2)C(C)CO1. The van der Waals surface area contributed by atoms with Gasteiger partial charge in [0.15, 0.2) is 0 Å². The van der Waals surface area contributed by atoms with Crippen LogP contribution < -0.4 is 0 Å². The number of ether oxygens (including phenoxy) is 2. The van der Waals surface area contributed by atoms with Crippen LogP contribution in [0.2, 0.25) is 0 Å². The van der Waals surface area contributed by atoms with E-state index >= 15 is 0 Å². The Kier molecular flexibility index (Phi) is 5.76. The fourth-order valence-corrected chi connectivity index (χ4v) is 2.52. The minimum Gasteiger partial charge on any atom is -0.461 e. The summed E-state index contributed by atoms with van der Waals surface area (Å²) in [5.41, 5.74) is 1.02. The molecule has 0 radical (unpaired) electrons. The third-order valence-corrected chi connectivity index (χ3v) is 3.87. The van der Waals surface area contributed by atoms with E-state index in [9.17, 15) is 4.79 Å². The zero-order valence-corrected chi connectivity index (χ0v) is 13.1. The van der Waals surface area contributed by atoms with Crippen molar-refractivity contribution in [1.82, 2.24) is 4.90 Å². The minimum absolute atomic E-state index is 0.124. The maximum absolute atomic E-state index is 12.1. The number of carbonyl (C=O) groups excluding carboxylic acids is 1. The molecule has 0 aliphatic carbocycles. The summed E-state index contributed by atoms with van der Waals surface area (Å²) >= 11 is 0. The van der Waals surface area contributed by atoms with Crippen LogP contribution in [0.4, 0.5) is 0 Å². The second kappa shape index (κ2) is 7.57. The molecule has 2 rings (SSSR count). The van der Waals surface area contributed by atoms with Crippen molar-refractivity contribution in [3.8, 4) is 0 Å². The molecular weight excluding hydrogens is 266 g/mol. The quantitative estimate of drug-likeness (QED) is 0.781. The molecule has 3 atom stereocenters. The molecule has 1 aliphatic rings. The first-order chi connectivity index (χ1) is 10.1. The summed E-state index contributed by atoms with van der Waals surface area (Å²) < 4.78 is 11.0. The van der Waals surface area contributed by atoms with Gasteiger partial charge >= 0.3 is 5.97 Å². The Hall–Kier alpha value is -1.39. The number of esters is 1. The lowest BCUT2D eigenvalue weighted by molar-refractivity contribution is -0.151. The third-order valence-electron chi connectivity index (χ3n) is 3.87. The normalized spacial score (nSPS) is 24.5. The Morgan fingerprint density at radius 2 is 2.10 bits per heavy atom. The zero-order chi connectivity index (χ0) is 15.2. The van der Waals surface area contributed by atoms with E-state index in [1.165, 1.54) is 0 Å². The van der Waals surface area contributed by atoms with Gasteiger partial charge in [0.05, 0.1) is 18.6 Å². The Morgan fingerprint density at radius 1 is 1.38 bits per heavy atom. The van der Waals surface area contributed by atoms with Gasteiger partial charge in [0.2, 0.25) is 0 Å². The summed E-state index contributed by atoms with van der Waals surface area (Å²) in [6, 6.07) is 10.1. The lowest BCUT2D eigenvalue weighted by atomic mass is 10.1. The van der Waals surface area contributed by atoms with Crippen LogP contribution in [0.25, 0.3) is 0 Å². The highest BCUT2D eigenvalue weighted by molar-refractivity contribution is 5.72. The Morgan fingerprint density at radius 3 is 2.81 bits per heavy atom. The summed E-state index contributed by atoms with van der Waals surface area (Å²) in [4.78, 5) is 14.4. The highest BCUT2D eigenvalue weighted by atomic mass is 16.5. The summed E-state index contributed by atoms with van der Waals surface area (Å²) in [7, 11) is 0. The zero-order valence-electron chi connectivity index (χ0n) is 13.1. The van der Waals surface area contributed by atoms with Crippen molar-refractivity contribution in [3.05, 3.63) is 35.9 Å². The van der Waals surface area contributed by atoms with Gasteiger partial charge in [0.1, 0.15) is 6.61 Å². The average Bonchev–Trinajstić information content (AvgIpc) is 2.49. The smallest absolute Gasteiger partial charge is 0.310 e. The Bertz CT molecular complexity index is 449. The Balaban J connectivity index is 1.79. The molecule has 116 valence electrons. The lowest BCUT2D eigenvalue weighted by Gasteiger charge is -2.37. The molecule has 0 bridgehead atoms. The van der Waals surface area contributed by atoms with E-state index in [0.29, 0.717) is 12.6 Å². The standard InChI is InChI=1S/C17H25NO3/c1-13(9-18-10-15(3)20-11-14(18)2)17(19)21-12-16-7-5-4-6-8-16/h4-8,13-15H,9-12H2,1-3H3. The number of hydrogen-bond acceptors (Lipinski definition) is 4. The molecular formula is C17H25NO3. The summed E-state index contributed by atoms with van der Waals surface area (Å²) in [5.74, 6) is -0.258. The van der Waals surface area contributed by atoms with Crippen molar-refractivity contribution in [1.29, 1.82) is 0 Å². The summed E-state index contributed by atoms with van der Waals surface area (Å²) in [6.07, 6.45) is 0.230. The number of nitrogens with zero attached hydrogens (tertiary/aromatic N) is 1. The molecule has 0 aromatic heterocycles. The topological polar surface area (TPSA) is 38.8 Å². The van der Waals surface area contributed by atoms with Crippen LogP contribution in [-0.2, 0) is 20.9 Å². The Labute approximate surface area is 127 Å². The second-order valence-corrected chi connectivity index (χ2v) is 5.94. The third kappa shape index (κ3) is 4.83. The van der Waals surface area contributed by atoms with Gasteiger partial charge in [-0.05, 0) is 19.4 Å². The van der Waals surface area contributed by atoms with Crippen molar-refractivity contribution in [2.24, 2.45) is 5.92 Å². The number of morpholine rings is 1. The van der Waals surface area contributed by atoms with Crippen LogP contribution in [0.1, 0.15) is 26.3 Å². The molecule has 0 saturated carbocycles. The molecule has 3 unspecified atom stereocenters. The summed E-state index contributed by atoms with van der Waals surface area (Å²) in [5, 5.41) is 0. The van der Waals surface area contributed by atoms with Gasteiger partial charge in [-0.2, -0.15) is 0 Å². The molecule has 4 heteroatoms. The molecule has 0 N–H and O–H groups in total. The van der Waals surface area contributed by atoms with Crippen LogP contribution in [-0.4, -0.2) is 42.7 Å². The predicted molar refractivity (Wildman–Crippen MR) is 81.9 cm³/mol. The predicted octanol–water partition coefficient (Wildman–Crippen LogP) is 2.48. The number of benzene rings is 1. The van der Waals surface area contributed by atoms with Gasteiger partial charge in [-0.25, -0.2) is 0 Å². The number of hydrogen-bond donors (Lipinski definition) is 0. The van der Waals surface area contributed by atoms with Crippen molar-refractivity contribution in [2.45, 2.75) is 39.5 Å². The van der Waals surface area contributed by atoms with Crippen molar-refractivity contribution in [2.75, 3.05) is 19.7 Å². The molecule has 1 saturated heterocycles. The van der Waals surface area contributed by atoms with Crippen LogP contribution in [0.3, 0.4) is 0 Å². The number of rotatable bonds is 5. The first-order valence-electron chi connectivity index (χ1n) is 7.62. The molecule has 0 spiro atoms. The van der Waals surface area contributed by atoms with Gasteiger partial charge < -0.3 is 9.47 Å². The van der Waals surface area contributed by atoms with E-state index in [2.05, 4.69) is 18.7 Å². The molecule has 21 heavy (non-hydrogen) atoms. The monoisotopic (exact) mass is 291 g/mol.